The molecule has 1 aromatic carbocycles. The summed E-state index contributed by atoms with van der Waals surface area (Å²) in [7, 11) is 0. The van der Waals surface area contributed by atoms with Crippen molar-refractivity contribution in [2.45, 2.75) is 43.3 Å². The number of halogens is 3. The molecule has 0 spiro atoms. The molecule has 1 aliphatic rings. The molecule has 0 amide bonds. The van der Waals surface area contributed by atoms with Crippen LogP contribution in [0.25, 0.3) is 0 Å². The summed E-state index contributed by atoms with van der Waals surface area (Å²) in [6, 6.07) is 8.24. The van der Waals surface area contributed by atoms with Crippen molar-refractivity contribution >= 4 is 0 Å². The van der Waals surface area contributed by atoms with Gasteiger partial charge in [0, 0.05) is 30.9 Å². The average Bonchev–Trinajstić information content (AvgIpc) is 2.88. The predicted molar refractivity (Wildman–Crippen MR) is 85.7 cm³/mol. The molecule has 4 nitrogen and oxygen atoms in total. The maximum absolute atomic E-state index is 12.8. The van der Waals surface area contributed by atoms with E-state index in [4.69, 9.17) is 0 Å². The quantitative estimate of drug-likeness (QED) is 0.791. The van der Waals surface area contributed by atoms with Crippen LogP contribution in [-0.2, 0) is 12.7 Å². The maximum atomic E-state index is 12.8. The molecule has 0 bridgehead atoms. The molecule has 0 radical (unpaired) electrons. The number of benzene rings is 1. The summed E-state index contributed by atoms with van der Waals surface area (Å²) in [5.41, 5.74) is 0.635. The standard InChI is InChI=1S/C18H19F3N2O2/c19-18(20,21)13-5-1-3-11(7-13)9-23-16-14(8-15(24)17(16)25)12-4-2-6-22-10-12/h1-7,10,14-17,23-25H,8-9H2. The molecule has 1 heterocycles. The molecule has 1 aliphatic carbocycles. The monoisotopic (exact) mass is 352 g/mol. The Morgan fingerprint density at radius 2 is 1.96 bits per heavy atom. The topological polar surface area (TPSA) is 65.4 Å². The van der Waals surface area contributed by atoms with Gasteiger partial charge in [-0.05, 0) is 29.7 Å². The zero-order chi connectivity index (χ0) is 18.0. The predicted octanol–water partition coefficient (Wildman–Crippen LogP) is 2.47. The maximum Gasteiger partial charge on any atom is 0.416 e. The molecule has 4 atom stereocenters. The summed E-state index contributed by atoms with van der Waals surface area (Å²) in [5, 5.41) is 23.3. The third-order valence-electron chi connectivity index (χ3n) is 4.60. The van der Waals surface area contributed by atoms with E-state index < -0.39 is 30.0 Å². The second kappa shape index (κ2) is 7.11. The van der Waals surface area contributed by atoms with E-state index in [0.717, 1.165) is 17.7 Å². The van der Waals surface area contributed by atoms with Crippen LogP contribution in [0.4, 0.5) is 13.2 Å². The Morgan fingerprint density at radius 3 is 2.64 bits per heavy atom. The minimum atomic E-state index is -4.39. The lowest BCUT2D eigenvalue weighted by atomic mass is 9.94. The van der Waals surface area contributed by atoms with Gasteiger partial charge in [0.15, 0.2) is 0 Å². The van der Waals surface area contributed by atoms with E-state index in [0.29, 0.717) is 12.0 Å². The largest absolute Gasteiger partial charge is 0.416 e. The fraction of sp³-hybridized carbons (Fsp3) is 0.389. The van der Waals surface area contributed by atoms with E-state index in [1.165, 1.54) is 6.07 Å². The van der Waals surface area contributed by atoms with Crippen LogP contribution in [0.1, 0.15) is 29.0 Å². The van der Waals surface area contributed by atoms with Crippen molar-refractivity contribution in [1.82, 2.24) is 10.3 Å². The first-order valence-electron chi connectivity index (χ1n) is 8.02. The van der Waals surface area contributed by atoms with Gasteiger partial charge in [0.05, 0.1) is 17.8 Å². The highest BCUT2D eigenvalue weighted by Gasteiger charge is 2.42. The molecule has 2 aromatic rings. The number of nitrogens with zero attached hydrogens (tertiary/aromatic N) is 1. The molecule has 25 heavy (non-hydrogen) atoms. The summed E-state index contributed by atoms with van der Waals surface area (Å²) < 4.78 is 38.4. The van der Waals surface area contributed by atoms with Gasteiger partial charge in [-0.3, -0.25) is 4.98 Å². The first kappa shape index (κ1) is 17.8. The minimum absolute atomic E-state index is 0.162. The van der Waals surface area contributed by atoms with Gasteiger partial charge in [-0.15, -0.1) is 0 Å². The van der Waals surface area contributed by atoms with E-state index in [1.54, 1.807) is 24.5 Å². The van der Waals surface area contributed by atoms with Crippen LogP contribution in [-0.4, -0.2) is 33.4 Å². The molecule has 0 aliphatic heterocycles. The Morgan fingerprint density at radius 1 is 1.16 bits per heavy atom. The van der Waals surface area contributed by atoms with Crippen LogP contribution in [0.15, 0.2) is 48.8 Å². The van der Waals surface area contributed by atoms with Crippen LogP contribution >= 0.6 is 0 Å². The lowest BCUT2D eigenvalue weighted by Gasteiger charge is -2.24. The third-order valence-corrected chi connectivity index (χ3v) is 4.60. The smallest absolute Gasteiger partial charge is 0.390 e. The molecule has 4 unspecified atom stereocenters. The summed E-state index contributed by atoms with van der Waals surface area (Å²) >= 11 is 0. The Hall–Kier alpha value is -1.96. The highest BCUT2D eigenvalue weighted by molar-refractivity contribution is 5.26. The second-order valence-electron chi connectivity index (χ2n) is 6.29. The van der Waals surface area contributed by atoms with E-state index in [2.05, 4.69) is 10.3 Å². The number of rotatable bonds is 4. The van der Waals surface area contributed by atoms with Crippen molar-refractivity contribution in [2.75, 3.05) is 0 Å². The number of alkyl halides is 3. The summed E-state index contributed by atoms with van der Waals surface area (Å²) in [6.07, 6.45) is -2.59. The van der Waals surface area contributed by atoms with Crippen molar-refractivity contribution < 1.29 is 23.4 Å². The van der Waals surface area contributed by atoms with Gasteiger partial charge in [0.2, 0.25) is 0 Å². The van der Waals surface area contributed by atoms with Crippen molar-refractivity contribution in [3.8, 4) is 0 Å². The van der Waals surface area contributed by atoms with Crippen LogP contribution in [0, 0.1) is 0 Å². The van der Waals surface area contributed by atoms with E-state index in [1.807, 2.05) is 6.07 Å². The number of aliphatic hydroxyl groups excluding tert-OH is 2. The lowest BCUT2D eigenvalue weighted by molar-refractivity contribution is -0.137. The fourth-order valence-corrected chi connectivity index (χ4v) is 3.32. The first-order chi connectivity index (χ1) is 11.9. The van der Waals surface area contributed by atoms with Crippen LogP contribution in [0.3, 0.4) is 0 Å². The first-order valence-corrected chi connectivity index (χ1v) is 8.02. The van der Waals surface area contributed by atoms with Crippen LogP contribution in [0.5, 0.6) is 0 Å². The fourth-order valence-electron chi connectivity index (χ4n) is 3.32. The van der Waals surface area contributed by atoms with Gasteiger partial charge in [-0.25, -0.2) is 0 Å². The average molecular weight is 352 g/mol. The molecule has 7 heteroatoms. The van der Waals surface area contributed by atoms with Crippen molar-refractivity contribution in [3.63, 3.8) is 0 Å². The highest BCUT2D eigenvalue weighted by atomic mass is 19.4. The number of hydrogen-bond donors (Lipinski definition) is 3. The van der Waals surface area contributed by atoms with Gasteiger partial charge in [-0.1, -0.05) is 24.3 Å². The van der Waals surface area contributed by atoms with Gasteiger partial charge < -0.3 is 15.5 Å². The van der Waals surface area contributed by atoms with E-state index in [-0.39, 0.29) is 12.5 Å². The number of pyridine rings is 1. The molecule has 1 fully saturated rings. The molecule has 1 saturated carbocycles. The van der Waals surface area contributed by atoms with Crippen molar-refractivity contribution in [1.29, 1.82) is 0 Å². The zero-order valence-corrected chi connectivity index (χ0v) is 13.3. The van der Waals surface area contributed by atoms with Crippen molar-refractivity contribution in [2.24, 2.45) is 0 Å². The molecule has 3 N–H and O–H groups in total. The van der Waals surface area contributed by atoms with Gasteiger partial charge in [0.1, 0.15) is 0 Å². The zero-order valence-electron chi connectivity index (χ0n) is 13.3. The number of aliphatic hydroxyl groups is 2. The lowest BCUT2D eigenvalue weighted by Crippen LogP contribution is -2.41. The van der Waals surface area contributed by atoms with Crippen molar-refractivity contribution in [3.05, 3.63) is 65.5 Å². The third kappa shape index (κ3) is 4.00. The van der Waals surface area contributed by atoms with E-state index in [9.17, 15) is 23.4 Å². The second-order valence-corrected chi connectivity index (χ2v) is 6.29. The van der Waals surface area contributed by atoms with Crippen LogP contribution in [0.2, 0.25) is 0 Å². The van der Waals surface area contributed by atoms with Crippen LogP contribution < -0.4 is 5.32 Å². The summed E-state index contributed by atoms with van der Waals surface area (Å²) in [5.74, 6) is -0.163. The van der Waals surface area contributed by atoms with Gasteiger partial charge in [-0.2, -0.15) is 13.2 Å². The highest BCUT2D eigenvalue weighted by Crippen LogP contribution is 2.35. The normalized spacial score (nSPS) is 26.8. The molecule has 1 aromatic heterocycles. The SMILES string of the molecule is OC1CC(c2cccnc2)C(NCc2cccc(C(F)(F)F)c2)C1O. The molecule has 134 valence electrons. The van der Waals surface area contributed by atoms with E-state index >= 15 is 0 Å². The number of nitrogens with one attached hydrogen (secondary N) is 1. The Labute approximate surface area is 143 Å². The molecular formula is C18H19F3N2O2. The molecule has 0 saturated heterocycles. The molecular weight excluding hydrogens is 333 g/mol. The summed E-state index contributed by atoms with van der Waals surface area (Å²) in [4.78, 5) is 4.05. The molecule has 3 rings (SSSR count). The van der Waals surface area contributed by atoms with Gasteiger partial charge in [0.25, 0.3) is 0 Å². The Balaban J connectivity index is 1.74. The number of hydrogen-bond acceptors (Lipinski definition) is 4. The Bertz CT molecular complexity index is 709. The Kier molecular flexibility index (Phi) is 5.08. The number of aromatic nitrogens is 1. The minimum Gasteiger partial charge on any atom is -0.390 e. The summed E-state index contributed by atoms with van der Waals surface area (Å²) in [6.45, 7) is 0.162. The van der Waals surface area contributed by atoms with Gasteiger partial charge >= 0.3 is 6.18 Å².